The van der Waals surface area contributed by atoms with Crippen LogP contribution in [0.3, 0.4) is 0 Å². The fraction of sp³-hybridized carbons (Fsp3) is 0.0625. The summed E-state index contributed by atoms with van der Waals surface area (Å²) in [6.07, 6.45) is 0. The molecule has 2 N–H and O–H groups in total. The van der Waals surface area contributed by atoms with Crippen molar-refractivity contribution in [2.75, 3.05) is 0 Å². The number of hydrogen-bond acceptors (Lipinski definition) is 3. The lowest BCUT2D eigenvalue weighted by Crippen LogP contribution is -2.13. The number of hydrogen-bond donors (Lipinski definition) is 1. The van der Waals surface area contributed by atoms with Crippen LogP contribution in [-0.4, -0.2) is 20.7 Å². The molecule has 3 aromatic rings. The highest BCUT2D eigenvalue weighted by Crippen LogP contribution is 2.24. The van der Waals surface area contributed by atoms with Crippen molar-refractivity contribution in [3.8, 4) is 17.1 Å². The number of halogens is 2. The van der Waals surface area contributed by atoms with E-state index in [4.69, 9.17) is 17.3 Å². The van der Waals surface area contributed by atoms with Crippen LogP contribution in [0.2, 0.25) is 5.02 Å². The molecule has 116 valence electrons. The lowest BCUT2D eigenvalue weighted by molar-refractivity contribution is 0.0990. The van der Waals surface area contributed by atoms with Gasteiger partial charge in [-0.3, -0.25) is 4.79 Å². The van der Waals surface area contributed by atoms with Gasteiger partial charge in [0.1, 0.15) is 5.82 Å². The Morgan fingerprint density at radius 2 is 1.91 bits per heavy atom. The molecule has 0 saturated heterocycles. The monoisotopic (exact) mass is 330 g/mol. The molecule has 0 aliphatic rings. The normalized spacial score (nSPS) is 10.7. The van der Waals surface area contributed by atoms with E-state index in [1.165, 1.54) is 16.8 Å². The average Bonchev–Trinajstić information content (AvgIpc) is 2.96. The predicted molar refractivity (Wildman–Crippen MR) is 85.0 cm³/mol. The van der Waals surface area contributed by atoms with E-state index in [-0.39, 0.29) is 11.6 Å². The predicted octanol–water partition coefficient (Wildman–Crippen LogP) is 3.13. The number of nitrogens with zero attached hydrogens (tertiary/aromatic N) is 3. The topological polar surface area (TPSA) is 73.8 Å². The maximum Gasteiger partial charge on any atom is 0.288 e. The summed E-state index contributed by atoms with van der Waals surface area (Å²) in [6, 6.07) is 11.1. The van der Waals surface area contributed by atoms with Gasteiger partial charge in [-0.1, -0.05) is 17.7 Å². The first-order chi connectivity index (χ1) is 11.0. The lowest BCUT2D eigenvalue weighted by Gasteiger charge is -2.07. The first kappa shape index (κ1) is 15.2. The maximum atomic E-state index is 13.1. The van der Waals surface area contributed by atoms with Crippen molar-refractivity contribution in [2.24, 2.45) is 5.73 Å². The average molecular weight is 331 g/mol. The molecule has 2 aromatic carbocycles. The van der Waals surface area contributed by atoms with Gasteiger partial charge in [0.15, 0.2) is 5.82 Å². The third-order valence-corrected chi connectivity index (χ3v) is 3.74. The Morgan fingerprint density at radius 3 is 2.52 bits per heavy atom. The first-order valence-corrected chi connectivity index (χ1v) is 7.13. The van der Waals surface area contributed by atoms with Gasteiger partial charge in [-0.05, 0) is 48.9 Å². The summed E-state index contributed by atoms with van der Waals surface area (Å²) in [5, 5.41) is 4.69. The van der Waals surface area contributed by atoms with Gasteiger partial charge in [0.05, 0.1) is 5.69 Å². The van der Waals surface area contributed by atoms with Crippen LogP contribution in [-0.2, 0) is 0 Å². The standard InChI is InChI=1S/C16H12ClFN4O/c1-9-2-7-12(8-13(9)17)22-16(20-15(21-22)14(19)23)10-3-5-11(18)6-4-10/h2-8H,1H3,(H2,19,23). The minimum atomic E-state index is -0.745. The van der Waals surface area contributed by atoms with Crippen LogP contribution in [0.1, 0.15) is 16.2 Å². The zero-order valence-electron chi connectivity index (χ0n) is 12.1. The number of nitrogens with two attached hydrogens (primary N) is 1. The third-order valence-electron chi connectivity index (χ3n) is 3.33. The molecule has 23 heavy (non-hydrogen) atoms. The van der Waals surface area contributed by atoms with Crippen LogP contribution in [0.25, 0.3) is 17.1 Å². The molecular weight excluding hydrogens is 319 g/mol. The van der Waals surface area contributed by atoms with Crippen LogP contribution in [0.5, 0.6) is 0 Å². The first-order valence-electron chi connectivity index (χ1n) is 6.75. The van der Waals surface area contributed by atoms with Gasteiger partial charge in [0.2, 0.25) is 5.82 Å². The molecule has 0 radical (unpaired) electrons. The summed E-state index contributed by atoms with van der Waals surface area (Å²) in [4.78, 5) is 15.6. The second-order valence-electron chi connectivity index (χ2n) is 4.98. The van der Waals surface area contributed by atoms with E-state index in [0.717, 1.165) is 5.56 Å². The number of carbonyl (C=O) groups excluding carboxylic acids is 1. The Kier molecular flexibility index (Phi) is 3.83. The number of primary amides is 1. The second-order valence-corrected chi connectivity index (χ2v) is 5.38. The van der Waals surface area contributed by atoms with Crippen LogP contribution >= 0.6 is 11.6 Å². The van der Waals surface area contributed by atoms with Crippen molar-refractivity contribution < 1.29 is 9.18 Å². The van der Waals surface area contributed by atoms with Crippen molar-refractivity contribution in [3.63, 3.8) is 0 Å². The highest BCUT2D eigenvalue weighted by atomic mass is 35.5. The quantitative estimate of drug-likeness (QED) is 0.801. The molecule has 0 aliphatic heterocycles. The maximum absolute atomic E-state index is 13.1. The lowest BCUT2D eigenvalue weighted by atomic mass is 10.2. The van der Waals surface area contributed by atoms with Gasteiger partial charge >= 0.3 is 0 Å². The summed E-state index contributed by atoms with van der Waals surface area (Å²) in [5.74, 6) is -0.863. The Balaban J connectivity index is 2.20. The fourth-order valence-electron chi connectivity index (χ4n) is 2.10. The van der Waals surface area contributed by atoms with Crippen LogP contribution in [0.15, 0.2) is 42.5 Å². The van der Waals surface area contributed by atoms with Gasteiger partial charge < -0.3 is 5.73 Å². The van der Waals surface area contributed by atoms with Gasteiger partial charge in [0.25, 0.3) is 5.91 Å². The van der Waals surface area contributed by atoms with Gasteiger partial charge in [-0.25, -0.2) is 14.1 Å². The van der Waals surface area contributed by atoms with Gasteiger partial charge in [-0.15, -0.1) is 5.10 Å². The number of amides is 1. The van der Waals surface area contributed by atoms with E-state index in [1.807, 2.05) is 13.0 Å². The smallest absolute Gasteiger partial charge is 0.288 e. The molecular formula is C16H12ClFN4O. The van der Waals surface area contributed by atoms with Crippen LogP contribution < -0.4 is 5.73 Å². The zero-order chi connectivity index (χ0) is 16.6. The summed E-state index contributed by atoms with van der Waals surface area (Å²) < 4.78 is 14.6. The van der Waals surface area contributed by atoms with Crippen molar-refractivity contribution >= 4 is 17.5 Å². The van der Waals surface area contributed by atoms with Crippen molar-refractivity contribution in [1.29, 1.82) is 0 Å². The number of benzene rings is 2. The highest BCUT2D eigenvalue weighted by Gasteiger charge is 2.17. The number of aromatic nitrogens is 3. The van der Waals surface area contributed by atoms with E-state index in [1.54, 1.807) is 24.3 Å². The highest BCUT2D eigenvalue weighted by molar-refractivity contribution is 6.31. The van der Waals surface area contributed by atoms with E-state index < -0.39 is 5.91 Å². The van der Waals surface area contributed by atoms with E-state index >= 15 is 0 Å². The summed E-state index contributed by atoms with van der Waals surface area (Å²) in [6.45, 7) is 1.88. The van der Waals surface area contributed by atoms with Gasteiger partial charge in [0, 0.05) is 10.6 Å². The molecule has 1 aromatic heterocycles. The van der Waals surface area contributed by atoms with Crippen molar-refractivity contribution in [2.45, 2.75) is 6.92 Å². The minimum absolute atomic E-state index is 0.124. The molecule has 0 aliphatic carbocycles. The molecule has 5 nitrogen and oxygen atoms in total. The second kappa shape index (κ2) is 5.81. The Labute approximate surface area is 136 Å². The molecule has 0 fully saturated rings. The molecule has 1 heterocycles. The molecule has 7 heteroatoms. The van der Waals surface area contributed by atoms with E-state index in [9.17, 15) is 9.18 Å². The third kappa shape index (κ3) is 2.93. The molecule has 1 amide bonds. The molecule has 0 unspecified atom stereocenters. The summed E-state index contributed by atoms with van der Waals surface area (Å²) in [5.41, 5.74) is 7.40. The molecule has 0 spiro atoms. The number of aryl methyl sites for hydroxylation is 1. The number of carbonyl (C=O) groups is 1. The molecule has 0 saturated carbocycles. The zero-order valence-corrected chi connectivity index (χ0v) is 12.9. The Morgan fingerprint density at radius 1 is 1.22 bits per heavy atom. The van der Waals surface area contributed by atoms with E-state index in [2.05, 4.69) is 10.1 Å². The van der Waals surface area contributed by atoms with Crippen molar-refractivity contribution in [3.05, 3.63) is 64.7 Å². The summed E-state index contributed by atoms with van der Waals surface area (Å²) >= 11 is 6.15. The minimum Gasteiger partial charge on any atom is -0.363 e. The molecule has 0 bridgehead atoms. The van der Waals surface area contributed by atoms with Crippen molar-refractivity contribution in [1.82, 2.24) is 14.8 Å². The molecule has 0 atom stereocenters. The van der Waals surface area contributed by atoms with Crippen LogP contribution in [0.4, 0.5) is 4.39 Å². The SMILES string of the molecule is Cc1ccc(-n2nc(C(N)=O)nc2-c2ccc(F)cc2)cc1Cl. The molecule has 3 rings (SSSR count). The van der Waals surface area contributed by atoms with Gasteiger partial charge in [-0.2, -0.15) is 0 Å². The fourth-order valence-corrected chi connectivity index (χ4v) is 2.27. The van der Waals surface area contributed by atoms with Crippen LogP contribution in [0, 0.1) is 12.7 Å². The Hall–Kier alpha value is -2.73. The number of rotatable bonds is 3. The largest absolute Gasteiger partial charge is 0.363 e. The van der Waals surface area contributed by atoms with E-state index in [0.29, 0.717) is 22.1 Å². The summed E-state index contributed by atoms with van der Waals surface area (Å²) in [7, 11) is 0. The Bertz CT molecular complexity index is 890.